The number of rotatable bonds is 2. The third-order valence-electron chi connectivity index (χ3n) is 1.68. The second kappa shape index (κ2) is 1.83. The molecule has 0 spiro atoms. The van der Waals surface area contributed by atoms with Gasteiger partial charge < -0.3 is 5.32 Å². The first-order valence-corrected chi connectivity index (χ1v) is 3.14. The van der Waals surface area contributed by atoms with E-state index in [1.807, 2.05) is 0 Å². The molecule has 0 aromatic carbocycles. The van der Waals surface area contributed by atoms with Crippen molar-refractivity contribution < 1.29 is 0 Å². The molecule has 0 aliphatic carbocycles. The summed E-state index contributed by atoms with van der Waals surface area (Å²) in [5.74, 6) is 0. The van der Waals surface area contributed by atoms with Gasteiger partial charge >= 0.3 is 0 Å². The Labute approximate surface area is 45.1 Å². The molecule has 2 unspecified atom stereocenters. The lowest BCUT2D eigenvalue weighted by Gasteiger charge is -1.81. The summed E-state index contributed by atoms with van der Waals surface area (Å²) in [4.78, 5) is 0. The van der Waals surface area contributed by atoms with Crippen LogP contribution in [0.3, 0.4) is 0 Å². The van der Waals surface area contributed by atoms with E-state index >= 15 is 0 Å². The minimum atomic E-state index is 0.866. The van der Waals surface area contributed by atoms with Crippen molar-refractivity contribution in [3.63, 3.8) is 0 Å². The predicted molar refractivity (Wildman–Crippen MR) is 31.3 cm³/mol. The molecule has 0 aromatic heterocycles. The minimum absolute atomic E-state index is 0.866. The Morgan fingerprint density at radius 3 is 1.71 bits per heavy atom. The summed E-state index contributed by atoms with van der Waals surface area (Å²) in [6.07, 6.45) is 2.61. The van der Waals surface area contributed by atoms with Crippen molar-refractivity contribution in [1.29, 1.82) is 0 Å². The van der Waals surface area contributed by atoms with Crippen LogP contribution in [0.5, 0.6) is 0 Å². The lowest BCUT2D eigenvalue weighted by Crippen LogP contribution is -1.87. The molecule has 42 valence electrons. The van der Waals surface area contributed by atoms with Gasteiger partial charge in [-0.25, -0.2) is 0 Å². The van der Waals surface area contributed by atoms with Gasteiger partial charge in [0.1, 0.15) is 0 Å². The Kier molecular flexibility index (Phi) is 1.33. The van der Waals surface area contributed by atoms with Gasteiger partial charge in [-0.3, -0.25) is 0 Å². The summed E-state index contributed by atoms with van der Waals surface area (Å²) in [7, 11) is 0. The largest absolute Gasteiger partial charge is 0.308 e. The first-order chi connectivity index (χ1) is 3.38. The predicted octanol–water partition coefficient (Wildman–Crippen LogP) is 1.15. The second-order valence-electron chi connectivity index (χ2n) is 2.20. The Balaban J connectivity index is 2.06. The van der Waals surface area contributed by atoms with Crippen LogP contribution in [0.1, 0.15) is 26.7 Å². The topological polar surface area (TPSA) is 21.9 Å². The average Bonchev–Trinajstić information content (AvgIpc) is 2.43. The normalized spacial score (nSPS) is 38.6. The first kappa shape index (κ1) is 5.10. The van der Waals surface area contributed by atoms with Gasteiger partial charge in [0.15, 0.2) is 0 Å². The van der Waals surface area contributed by atoms with E-state index in [0.717, 1.165) is 12.1 Å². The number of hydrogen-bond acceptors (Lipinski definition) is 1. The van der Waals surface area contributed by atoms with Crippen LogP contribution >= 0.6 is 0 Å². The molecule has 7 heavy (non-hydrogen) atoms. The van der Waals surface area contributed by atoms with E-state index in [4.69, 9.17) is 0 Å². The molecule has 1 aliphatic heterocycles. The molecule has 1 nitrogen and oxygen atoms in total. The zero-order valence-electron chi connectivity index (χ0n) is 5.07. The SMILES string of the molecule is CCC1NC1CC. The Morgan fingerprint density at radius 1 is 1.14 bits per heavy atom. The van der Waals surface area contributed by atoms with Gasteiger partial charge in [0.2, 0.25) is 0 Å². The summed E-state index contributed by atoms with van der Waals surface area (Å²) >= 11 is 0. The quantitative estimate of drug-likeness (QED) is 0.515. The molecule has 0 bridgehead atoms. The van der Waals surface area contributed by atoms with Gasteiger partial charge in [-0.1, -0.05) is 13.8 Å². The van der Waals surface area contributed by atoms with Gasteiger partial charge in [-0.05, 0) is 12.8 Å². The molecule has 0 radical (unpaired) electrons. The van der Waals surface area contributed by atoms with Gasteiger partial charge in [-0.15, -0.1) is 0 Å². The molecule has 1 rings (SSSR count). The minimum Gasteiger partial charge on any atom is -0.308 e. The number of hydrogen-bond donors (Lipinski definition) is 1. The zero-order valence-corrected chi connectivity index (χ0v) is 5.07. The lowest BCUT2D eigenvalue weighted by atomic mass is 10.2. The fraction of sp³-hybridized carbons (Fsp3) is 1.00. The van der Waals surface area contributed by atoms with Crippen LogP contribution in [0.2, 0.25) is 0 Å². The Hall–Kier alpha value is -0.0400. The fourth-order valence-electron chi connectivity index (χ4n) is 1.02. The molecule has 1 N–H and O–H groups in total. The van der Waals surface area contributed by atoms with Crippen LogP contribution in [0.25, 0.3) is 0 Å². The van der Waals surface area contributed by atoms with Crippen molar-refractivity contribution in [2.45, 2.75) is 38.8 Å². The van der Waals surface area contributed by atoms with E-state index in [2.05, 4.69) is 19.2 Å². The zero-order chi connectivity index (χ0) is 5.28. The van der Waals surface area contributed by atoms with Crippen LogP contribution in [0.4, 0.5) is 0 Å². The smallest absolute Gasteiger partial charge is 0.0221 e. The highest BCUT2D eigenvalue weighted by Crippen LogP contribution is 2.16. The van der Waals surface area contributed by atoms with E-state index in [1.54, 1.807) is 0 Å². The summed E-state index contributed by atoms with van der Waals surface area (Å²) < 4.78 is 0. The van der Waals surface area contributed by atoms with Crippen LogP contribution < -0.4 is 5.32 Å². The summed E-state index contributed by atoms with van der Waals surface area (Å²) in [6, 6.07) is 1.73. The molecule has 1 saturated heterocycles. The number of nitrogens with one attached hydrogen (secondary N) is 1. The molecule has 0 amide bonds. The molecule has 1 heterocycles. The van der Waals surface area contributed by atoms with Gasteiger partial charge in [0.25, 0.3) is 0 Å². The summed E-state index contributed by atoms with van der Waals surface area (Å²) in [6.45, 7) is 4.46. The maximum atomic E-state index is 3.37. The molecule has 0 aromatic rings. The Morgan fingerprint density at radius 2 is 1.57 bits per heavy atom. The van der Waals surface area contributed by atoms with Gasteiger partial charge in [-0.2, -0.15) is 0 Å². The van der Waals surface area contributed by atoms with Crippen molar-refractivity contribution in [3.8, 4) is 0 Å². The average molecular weight is 99.2 g/mol. The van der Waals surface area contributed by atoms with Crippen LogP contribution in [-0.2, 0) is 0 Å². The summed E-state index contributed by atoms with van der Waals surface area (Å²) in [5, 5.41) is 3.37. The van der Waals surface area contributed by atoms with E-state index in [-0.39, 0.29) is 0 Å². The van der Waals surface area contributed by atoms with E-state index in [1.165, 1.54) is 12.8 Å². The van der Waals surface area contributed by atoms with Crippen molar-refractivity contribution >= 4 is 0 Å². The van der Waals surface area contributed by atoms with E-state index in [0.29, 0.717) is 0 Å². The van der Waals surface area contributed by atoms with Crippen molar-refractivity contribution in [2.75, 3.05) is 0 Å². The van der Waals surface area contributed by atoms with Gasteiger partial charge in [0.05, 0.1) is 0 Å². The summed E-state index contributed by atoms with van der Waals surface area (Å²) in [5.41, 5.74) is 0. The van der Waals surface area contributed by atoms with Gasteiger partial charge in [0, 0.05) is 12.1 Å². The molecule has 1 aliphatic rings. The first-order valence-electron chi connectivity index (χ1n) is 3.14. The highest BCUT2D eigenvalue weighted by Gasteiger charge is 2.31. The van der Waals surface area contributed by atoms with Crippen molar-refractivity contribution in [3.05, 3.63) is 0 Å². The highest BCUT2D eigenvalue weighted by atomic mass is 15.1. The Bertz CT molecular complexity index is 53.2. The standard InChI is InChI=1S/C6H13N/c1-3-5-6(4-2)7-5/h5-7H,3-4H2,1-2H3. The molecule has 1 fully saturated rings. The van der Waals surface area contributed by atoms with E-state index in [9.17, 15) is 0 Å². The highest BCUT2D eigenvalue weighted by molar-refractivity contribution is 4.95. The monoisotopic (exact) mass is 99.1 g/mol. The van der Waals surface area contributed by atoms with Crippen LogP contribution in [0, 0.1) is 0 Å². The molecule has 2 atom stereocenters. The second-order valence-corrected chi connectivity index (χ2v) is 2.20. The molecule has 0 saturated carbocycles. The maximum absolute atomic E-state index is 3.37. The molecular formula is C6H13N. The maximum Gasteiger partial charge on any atom is 0.0221 e. The lowest BCUT2D eigenvalue weighted by molar-refractivity contribution is 0.817. The van der Waals surface area contributed by atoms with Crippen LogP contribution in [0.15, 0.2) is 0 Å². The van der Waals surface area contributed by atoms with Crippen LogP contribution in [-0.4, -0.2) is 12.1 Å². The fourth-order valence-corrected chi connectivity index (χ4v) is 1.02. The van der Waals surface area contributed by atoms with E-state index < -0.39 is 0 Å². The molecular weight excluding hydrogens is 86.1 g/mol. The third-order valence-corrected chi connectivity index (χ3v) is 1.68. The third kappa shape index (κ3) is 0.942. The van der Waals surface area contributed by atoms with Crippen molar-refractivity contribution in [2.24, 2.45) is 0 Å². The van der Waals surface area contributed by atoms with Crippen molar-refractivity contribution in [1.82, 2.24) is 5.32 Å². The molecule has 1 heteroatoms.